The summed E-state index contributed by atoms with van der Waals surface area (Å²) in [6.45, 7) is -0.858. The second-order valence-corrected chi connectivity index (χ2v) is 4.39. The number of nitrogens with two attached hydrogens (primary N) is 1. The molecule has 0 aromatic rings. The number of hydrogen-bond acceptors (Lipinski definition) is 7. The number of hydrogen-bond donors (Lipinski definition) is 7. The Morgan fingerprint density at radius 3 is 1.82 bits per heavy atom. The van der Waals surface area contributed by atoms with Gasteiger partial charge in [0.2, 0.25) is 17.7 Å². The van der Waals surface area contributed by atoms with E-state index in [0.717, 1.165) is 0 Å². The third kappa shape index (κ3) is 6.97. The Morgan fingerprint density at radius 2 is 1.41 bits per heavy atom. The molecule has 8 N–H and O–H groups in total. The van der Waals surface area contributed by atoms with Crippen LogP contribution in [-0.4, -0.2) is 76.9 Å². The predicted molar refractivity (Wildman–Crippen MR) is 72.3 cm³/mol. The lowest BCUT2D eigenvalue weighted by molar-refractivity contribution is -0.139. The van der Waals surface area contributed by atoms with Crippen molar-refractivity contribution in [2.75, 3.05) is 19.8 Å². The summed E-state index contributed by atoms with van der Waals surface area (Å²) in [6, 6.07) is -3.69. The zero-order valence-electron chi connectivity index (χ0n) is 11.9. The second-order valence-electron chi connectivity index (χ2n) is 4.39. The van der Waals surface area contributed by atoms with E-state index in [1.54, 1.807) is 0 Å². The van der Waals surface area contributed by atoms with Gasteiger partial charge in [0, 0.05) is 0 Å². The first-order valence-corrected chi connectivity index (χ1v) is 6.30. The number of aliphatic hydroxyl groups excluding tert-OH is 2. The van der Waals surface area contributed by atoms with Crippen LogP contribution in [0.4, 0.5) is 0 Å². The maximum absolute atomic E-state index is 11.8. The summed E-state index contributed by atoms with van der Waals surface area (Å²) in [7, 11) is 0. The molecule has 0 bridgehead atoms. The Balaban J connectivity index is 4.64. The minimum Gasteiger partial charge on any atom is -0.480 e. The van der Waals surface area contributed by atoms with E-state index in [0.29, 0.717) is 0 Å². The van der Waals surface area contributed by atoms with Crippen LogP contribution in [-0.2, 0) is 19.2 Å². The van der Waals surface area contributed by atoms with Gasteiger partial charge in [0.15, 0.2) is 0 Å². The number of amides is 3. The summed E-state index contributed by atoms with van der Waals surface area (Å²) in [6.07, 6.45) is 0. The van der Waals surface area contributed by atoms with Gasteiger partial charge in [0.1, 0.15) is 18.6 Å². The molecule has 3 atom stereocenters. The summed E-state index contributed by atoms with van der Waals surface area (Å²) in [5.41, 5.74) is 5.30. The highest BCUT2D eigenvalue weighted by Crippen LogP contribution is 1.90. The molecule has 0 saturated heterocycles. The Hall–Kier alpha value is -2.24. The number of carboxylic acids is 1. The van der Waals surface area contributed by atoms with Crippen LogP contribution in [0.25, 0.3) is 0 Å². The minimum absolute atomic E-state index is 0.684. The lowest BCUT2D eigenvalue weighted by Gasteiger charge is -2.21. The zero-order valence-corrected chi connectivity index (χ0v) is 11.9. The van der Waals surface area contributed by atoms with Gasteiger partial charge in [-0.15, -0.1) is 0 Å². The molecule has 3 unspecified atom stereocenters. The van der Waals surface area contributed by atoms with Gasteiger partial charge in [-0.1, -0.05) is 0 Å². The van der Waals surface area contributed by atoms with Gasteiger partial charge < -0.3 is 37.0 Å². The topological polar surface area (TPSA) is 191 Å². The monoisotopic (exact) mass is 320 g/mol. The van der Waals surface area contributed by atoms with Crippen LogP contribution in [0, 0.1) is 0 Å². The van der Waals surface area contributed by atoms with Crippen LogP contribution in [0.5, 0.6) is 0 Å². The van der Waals surface area contributed by atoms with E-state index in [9.17, 15) is 19.2 Å². The number of aliphatic hydroxyl groups is 2. The molecule has 0 aliphatic heterocycles. The standard InChI is InChI=1S/C11H20N4O7/c1-5(12)9(20)14-7(4-17)11(22)15-6(3-16)10(21)13-2-8(18)19/h5-7,16-17H,2-4,12H2,1H3,(H,13,21)(H,14,20)(H,15,22)(H,18,19). The molecule has 0 saturated carbocycles. The van der Waals surface area contributed by atoms with E-state index in [4.69, 9.17) is 21.1 Å². The van der Waals surface area contributed by atoms with Crippen LogP contribution in [0.3, 0.4) is 0 Å². The molecular formula is C11H20N4O7. The predicted octanol–water partition coefficient (Wildman–Crippen LogP) is -4.51. The second kappa shape index (κ2) is 9.65. The molecule has 11 nitrogen and oxygen atoms in total. The van der Waals surface area contributed by atoms with Gasteiger partial charge in [-0.2, -0.15) is 0 Å². The van der Waals surface area contributed by atoms with Crippen molar-refractivity contribution in [3.05, 3.63) is 0 Å². The Morgan fingerprint density at radius 1 is 0.955 bits per heavy atom. The number of carbonyl (C=O) groups excluding carboxylic acids is 3. The lowest BCUT2D eigenvalue weighted by Crippen LogP contribution is -2.57. The third-order valence-electron chi connectivity index (χ3n) is 2.46. The number of carboxylic acid groups (broad SMARTS) is 1. The van der Waals surface area contributed by atoms with Gasteiger partial charge in [0.05, 0.1) is 19.3 Å². The molecule has 0 radical (unpaired) electrons. The van der Waals surface area contributed by atoms with Crippen molar-refractivity contribution in [3.63, 3.8) is 0 Å². The third-order valence-corrected chi connectivity index (χ3v) is 2.46. The van der Waals surface area contributed by atoms with Gasteiger partial charge in [0.25, 0.3) is 0 Å². The van der Waals surface area contributed by atoms with Crippen molar-refractivity contribution in [3.8, 4) is 0 Å². The normalized spacial score (nSPS) is 14.4. The summed E-state index contributed by atoms with van der Waals surface area (Å²) >= 11 is 0. The van der Waals surface area contributed by atoms with E-state index in [2.05, 4.69) is 10.6 Å². The fourth-order valence-electron chi connectivity index (χ4n) is 1.25. The van der Waals surface area contributed by atoms with Gasteiger partial charge in [-0.05, 0) is 6.92 Å². The fourth-order valence-corrected chi connectivity index (χ4v) is 1.25. The maximum Gasteiger partial charge on any atom is 0.322 e. The van der Waals surface area contributed by atoms with E-state index in [1.807, 2.05) is 5.32 Å². The van der Waals surface area contributed by atoms with Crippen LogP contribution in [0.15, 0.2) is 0 Å². The van der Waals surface area contributed by atoms with Crippen LogP contribution in [0.2, 0.25) is 0 Å². The molecule has 0 aliphatic carbocycles. The molecule has 126 valence electrons. The van der Waals surface area contributed by atoms with Crippen molar-refractivity contribution in [2.24, 2.45) is 5.73 Å². The SMILES string of the molecule is CC(N)C(=O)NC(CO)C(=O)NC(CO)C(=O)NCC(=O)O. The molecule has 0 aromatic heterocycles. The van der Waals surface area contributed by atoms with Gasteiger partial charge in [-0.25, -0.2) is 0 Å². The number of carbonyl (C=O) groups is 4. The average Bonchev–Trinajstić information content (AvgIpc) is 2.46. The van der Waals surface area contributed by atoms with Crippen molar-refractivity contribution in [1.82, 2.24) is 16.0 Å². The molecule has 0 aliphatic rings. The first-order chi connectivity index (χ1) is 10.2. The first kappa shape index (κ1) is 19.8. The average molecular weight is 320 g/mol. The summed E-state index contributed by atoms with van der Waals surface area (Å²) < 4.78 is 0. The highest BCUT2D eigenvalue weighted by atomic mass is 16.4. The van der Waals surface area contributed by atoms with Crippen LogP contribution >= 0.6 is 0 Å². The number of rotatable bonds is 9. The molecule has 3 amide bonds. The van der Waals surface area contributed by atoms with Crippen molar-refractivity contribution in [2.45, 2.75) is 25.0 Å². The summed E-state index contributed by atoms with van der Waals surface area (Å²) in [5, 5.41) is 32.7. The van der Waals surface area contributed by atoms with E-state index in [1.165, 1.54) is 6.92 Å². The summed E-state index contributed by atoms with van der Waals surface area (Å²) in [5.74, 6) is -3.84. The molecule has 11 heteroatoms. The van der Waals surface area contributed by atoms with Gasteiger partial charge in [-0.3, -0.25) is 19.2 Å². The molecule has 22 heavy (non-hydrogen) atoms. The van der Waals surface area contributed by atoms with Gasteiger partial charge >= 0.3 is 5.97 Å². The van der Waals surface area contributed by atoms with Crippen LogP contribution in [0.1, 0.15) is 6.92 Å². The largest absolute Gasteiger partial charge is 0.480 e. The Kier molecular flexibility index (Phi) is 8.67. The first-order valence-electron chi connectivity index (χ1n) is 6.30. The Bertz CT molecular complexity index is 427. The molecule has 0 fully saturated rings. The number of aliphatic carboxylic acids is 1. The molecule has 0 rings (SSSR count). The Labute approximate surface area is 125 Å². The van der Waals surface area contributed by atoms with Crippen molar-refractivity contribution < 1.29 is 34.5 Å². The number of nitrogens with one attached hydrogen (secondary N) is 3. The quantitative estimate of drug-likeness (QED) is 0.221. The molecule has 0 heterocycles. The highest BCUT2D eigenvalue weighted by Gasteiger charge is 2.26. The smallest absolute Gasteiger partial charge is 0.322 e. The van der Waals surface area contributed by atoms with Crippen molar-refractivity contribution in [1.29, 1.82) is 0 Å². The molecular weight excluding hydrogens is 300 g/mol. The highest BCUT2D eigenvalue weighted by molar-refractivity contribution is 5.93. The van der Waals surface area contributed by atoms with Crippen LogP contribution < -0.4 is 21.7 Å². The fraction of sp³-hybridized carbons (Fsp3) is 0.636. The van der Waals surface area contributed by atoms with Crippen molar-refractivity contribution >= 4 is 23.7 Å². The van der Waals surface area contributed by atoms with E-state index in [-0.39, 0.29) is 0 Å². The minimum atomic E-state index is -1.42. The lowest BCUT2D eigenvalue weighted by atomic mass is 10.2. The molecule has 0 spiro atoms. The molecule has 0 aromatic carbocycles. The zero-order chi connectivity index (χ0) is 17.3. The van der Waals surface area contributed by atoms with E-state index < -0.39 is 61.6 Å². The summed E-state index contributed by atoms with van der Waals surface area (Å²) in [4.78, 5) is 45.0. The maximum atomic E-state index is 11.8. The van der Waals surface area contributed by atoms with E-state index >= 15 is 0 Å².